The van der Waals surface area contributed by atoms with Gasteiger partial charge in [0.25, 0.3) is 0 Å². The Morgan fingerprint density at radius 3 is 2.89 bits per heavy atom. The summed E-state index contributed by atoms with van der Waals surface area (Å²) >= 11 is 0. The van der Waals surface area contributed by atoms with Crippen LogP contribution in [0.15, 0.2) is 23.2 Å². The molecule has 0 bridgehead atoms. The first-order valence-corrected chi connectivity index (χ1v) is 9.37. The fourth-order valence-corrected chi connectivity index (χ4v) is 3.03. The smallest absolute Gasteiger partial charge is 0.387 e. The zero-order valence-electron chi connectivity index (χ0n) is 16.3. The molecular formula is C19H28F3N3O3. The largest absolute Gasteiger partial charge is 0.434 e. The Morgan fingerprint density at radius 1 is 1.36 bits per heavy atom. The van der Waals surface area contributed by atoms with Gasteiger partial charge in [-0.2, -0.15) is 8.78 Å². The fourth-order valence-electron chi connectivity index (χ4n) is 3.03. The molecule has 6 nitrogen and oxygen atoms in total. The summed E-state index contributed by atoms with van der Waals surface area (Å²) in [5.74, 6) is 0.170. The van der Waals surface area contributed by atoms with Crippen molar-refractivity contribution in [3.05, 3.63) is 29.6 Å². The van der Waals surface area contributed by atoms with Gasteiger partial charge in [-0.05, 0) is 25.5 Å². The third-order valence-corrected chi connectivity index (χ3v) is 4.38. The van der Waals surface area contributed by atoms with E-state index < -0.39 is 12.4 Å². The lowest BCUT2D eigenvalue weighted by molar-refractivity contribution is -0.0506. The average molecular weight is 403 g/mol. The van der Waals surface area contributed by atoms with Crippen LogP contribution in [0.25, 0.3) is 0 Å². The van der Waals surface area contributed by atoms with Crippen LogP contribution in [-0.2, 0) is 16.0 Å². The quantitative estimate of drug-likeness (QED) is 0.370. The molecule has 1 N–H and O–H groups in total. The van der Waals surface area contributed by atoms with Crippen LogP contribution >= 0.6 is 0 Å². The normalized spacial score (nSPS) is 17.4. The maximum atomic E-state index is 14.1. The minimum absolute atomic E-state index is 0.0110. The highest BCUT2D eigenvalue weighted by molar-refractivity contribution is 5.80. The number of hydrogen-bond acceptors (Lipinski definition) is 4. The Morgan fingerprint density at radius 2 is 2.18 bits per heavy atom. The van der Waals surface area contributed by atoms with Gasteiger partial charge in [-0.1, -0.05) is 6.07 Å². The molecule has 1 aromatic carbocycles. The number of alkyl halides is 2. The number of ether oxygens (including phenoxy) is 3. The molecule has 1 fully saturated rings. The van der Waals surface area contributed by atoms with E-state index >= 15 is 0 Å². The first-order chi connectivity index (χ1) is 13.5. The molecule has 28 heavy (non-hydrogen) atoms. The number of nitrogens with one attached hydrogen (secondary N) is 1. The molecule has 1 atom stereocenters. The van der Waals surface area contributed by atoms with Gasteiger partial charge >= 0.3 is 6.61 Å². The molecule has 0 spiro atoms. The highest BCUT2D eigenvalue weighted by atomic mass is 19.3. The van der Waals surface area contributed by atoms with Crippen molar-refractivity contribution in [2.45, 2.75) is 26.5 Å². The third kappa shape index (κ3) is 6.87. The van der Waals surface area contributed by atoms with Crippen LogP contribution in [-0.4, -0.2) is 64.0 Å². The second-order valence-corrected chi connectivity index (χ2v) is 6.43. The van der Waals surface area contributed by atoms with Crippen molar-refractivity contribution in [2.24, 2.45) is 10.9 Å². The zero-order chi connectivity index (χ0) is 20.4. The Hall–Kier alpha value is -2.00. The van der Waals surface area contributed by atoms with Crippen LogP contribution in [0.4, 0.5) is 13.2 Å². The molecule has 0 radical (unpaired) electrons. The molecule has 1 aliphatic rings. The molecule has 0 amide bonds. The van der Waals surface area contributed by atoms with Gasteiger partial charge in [-0.3, -0.25) is 0 Å². The summed E-state index contributed by atoms with van der Waals surface area (Å²) < 4.78 is 54.2. The van der Waals surface area contributed by atoms with Crippen molar-refractivity contribution < 1.29 is 27.4 Å². The van der Waals surface area contributed by atoms with E-state index in [2.05, 4.69) is 19.9 Å². The highest BCUT2D eigenvalue weighted by Gasteiger charge is 2.25. The van der Waals surface area contributed by atoms with Crippen LogP contribution in [0, 0.1) is 11.7 Å². The first kappa shape index (κ1) is 22.3. The van der Waals surface area contributed by atoms with Crippen LogP contribution < -0.4 is 10.1 Å². The number of guanidine groups is 1. The van der Waals surface area contributed by atoms with E-state index in [1.165, 1.54) is 18.2 Å². The zero-order valence-corrected chi connectivity index (χ0v) is 16.3. The van der Waals surface area contributed by atoms with E-state index in [-0.39, 0.29) is 17.9 Å². The molecule has 1 saturated heterocycles. The van der Waals surface area contributed by atoms with E-state index in [0.29, 0.717) is 38.2 Å². The summed E-state index contributed by atoms with van der Waals surface area (Å²) in [7, 11) is 1.63. The minimum atomic E-state index is -3.02. The number of halogens is 3. The number of rotatable bonds is 10. The summed E-state index contributed by atoms with van der Waals surface area (Å²) in [5.41, 5.74) is 0.0110. The second kappa shape index (κ2) is 11.8. The summed E-state index contributed by atoms with van der Waals surface area (Å²) in [6.45, 7) is 2.77. The van der Waals surface area contributed by atoms with Gasteiger partial charge < -0.3 is 24.4 Å². The molecule has 0 saturated carbocycles. The SMILES string of the molecule is CCNC(=NCc1c(F)cccc1OC(F)F)N1CCC(COCCOC)C1. The average Bonchev–Trinajstić information content (AvgIpc) is 3.12. The lowest BCUT2D eigenvalue weighted by Gasteiger charge is -2.22. The van der Waals surface area contributed by atoms with Crippen molar-refractivity contribution in [3.8, 4) is 5.75 Å². The molecule has 0 aromatic heterocycles. The van der Waals surface area contributed by atoms with Crippen LogP contribution in [0.2, 0.25) is 0 Å². The van der Waals surface area contributed by atoms with Gasteiger partial charge in [0.05, 0.1) is 31.9 Å². The minimum Gasteiger partial charge on any atom is -0.434 e. The number of methoxy groups -OCH3 is 1. The standard InChI is InChI=1S/C19H28F3N3O3/c1-3-23-19(25-8-7-14(12-25)13-27-10-9-26-2)24-11-15-16(20)5-4-6-17(15)28-18(21)22/h4-6,14,18H,3,7-13H2,1-2H3,(H,23,24). The van der Waals surface area contributed by atoms with Crippen molar-refractivity contribution in [2.75, 3.05) is 46.6 Å². The molecular weight excluding hydrogens is 375 g/mol. The van der Waals surface area contributed by atoms with E-state index in [1.54, 1.807) is 7.11 Å². The Labute approximate surface area is 163 Å². The van der Waals surface area contributed by atoms with Crippen molar-refractivity contribution in [1.29, 1.82) is 0 Å². The number of hydrogen-bond donors (Lipinski definition) is 1. The van der Waals surface area contributed by atoms with E-state index in [1.807, 2.05) is 6.92 Å². The lowest BCUT2D eigenvalue weighted by atomic mass is 10.1. The van der Waals surface area contributed by atoms with E-state index in [4.69, 9.17) is 9.47 Å². The van der Waals surface area contributed by atoms with E-state index in [9.17, 15) is 13.2 Å². The fraction of sp³-hybridized carbons (Fsp3) is 0.632. The summed E-state index contributed by atoms with van der Waals surface area (Å²) in [5, 5.41) is 3.18. The number of likely N-dealkylation sites (tertiary alicyclic amines) is 1. The molecule has 1 unspecified atom stereocenters. The van der Waals surface area contributed by atoms with Crippen molar-refractivity contribution >= 4 is 5.96 Å². The van der Waals surface area contributed by atoms with Crippen molar-refractivity contribution in [1.82, 2.24) is 10.2 Å². The van der Waals surface area contributed by atoms with Gasteiger partial charge in [-0.25, -0.2) is 9.38 Å². The monoisotopic (exact) mass is 403 g/mol. The molecule has 1 heterocycles. The Kier molecular flexibility index (Phi) is 9.36. The van der Waals surface area contributed by atoms with Gasteiger partial charge in [0, 0.05) is 32.7 Å². The van der Waals surface area contributed by atoms with Gasteiger partial charge in [0.1, 0.15) is 11.6 Å². The van der Waals surface area contributed by atoms with Crippen LogP contribution in [0.3, 0.4) is 0 Å². The molecule has 2 rings (SSSR count). The van der Waals surface area contributed by atoms with Crippen molar-refractivity contribution in [3.63, 3.8) is 0 Å². The summed E-state index contributed by atoms with van der Waals surface area (Å²) in [6, 6.07) is 3.86. The maximum Gasteiger partial charge on any atom is 0.387 e. The topological polar surface area (TPSA) is 55.3 Å². The number of benzene rings is 1. The summed E-state index contributed by atoms with van der Waals surface area (Å²) in [6.07, 6.45) is 0.955. The molecule has 158 valence electrons. The first-order valence-electron chi connectivity index (χ1n) is 9.37. The third-order valence-electron chi connectivity index (χ3n) is 4.38. The predicted molar refractivity (Wildman–Crippen MR) is 100 cm³/mol. The molecule has 1 aromatic rings. The van der Waals surface area contributed by atoms with Crippen LogP contribution in [0.5, 0.6) is 5.75 Å². The number of nitrogens with zero attached hydrogens (tertiary/aromatic N) is 2. The molecule has 1 aliphatic heterocycles. The Bertz CT molecular complexity index is 632. The predicted octanol–water partition coefficient (Wildman–Crippen LogP) is 2.88. The number of aliphatic imine (C=N–C) groups is 1. The molecule has 9 heteroatoms. The van der Waals surface area contributed by atoms with Gasteiger partial charge in [0.2, 0.25) is 0 Å². The van der Waals surface area contributed by atoms with Crippen LogP contribution in [0.1, 0.15) is 18.9 Å². The van der Waals surface area contributed by atoms with Gasteiger partial charge in [0.15, 0.2) is 5.96 Å². The van der Waals surface area contributed by atoms with Gasteiger partial charge in [-0.15, -0.1) is 0 Å². The summed E-state index contributed by atoms with van der Waals surface area (Å²) in [4.78, 5) is 6.52. The Balaban J connectivity index is 2.01. The lowest BCUT2D eigenvalue weighted by Crippen LogP contribution is -2.40. The maximum absolute atomic E-state index is 14.1. The van der Waals surface area contributed by atoms with E-state index in [0.717, 1.165) is 19.5 Å². The highest BCUT2D eigenvalue weighted by Crippen LogP contribution is 2.24. The molecule has 0 aliphatic carbocycles. The second-order valence-electron chi connectivity index (χ2n) is 6.43.